The highest BCUT2D eigenvalue weighted by molar-refractivity contribution is 5.40. The zero-order valence-electron chi connectivity index (χ0n) is 10.7. The number of pyridine rings is 1. The summed E-state index contributed by atoms with van der Waals surface area (Å²) in [7, 11) is 0. The average molecular weight is 263 g/mol. The number of nitrogens with one attached hydrogen (secondary N) is 2. The second-order valence-corrected chi connectivity index (χ2v) is 4.21. The number of rotatable bonds is 6. The van der Waals surface area contributed by atoms with Crippen molar-refractivity contribution in [2.75, 3.05) is 6.54 Å². The molecule has 0 unspecified atom stereocenters. The van der Waals surface area contributed by atoms with E-state index in [0.29, 0.717) is 29.9 Å². The van der Waals surface area contributed by atoms with Crippen molar-refractivity contribution >= 4 is 0 Å². The first-order chi connectivity index (χ1) is 9.22. The highest BCUT2D eigenvalue weighted by Gasteiger charge is 2.10. The molecule has 0 radical (unpaired) electrons. The van der Waals surface area contributed by atoms with E-state index >= 15 is 0 Å². The zero-order chi connectivity index (χ0) is 13.7. The summed E-state index contributed by atoms with van der Waals surface area (Å²) in [6.07, 6.45) is 3.78. The molecule has 0 bridgehead atoms. The minimum Gasteiger partial charge on any atom is -0.506 e. The van der Waals surface area contributed by atoms with Crippen LogP contribution in [-0.4, -0.2) is 36.9 Å². The summed E-state index contributed by atoms with van der Waals surface area (Å²) in [5.74, 6) is 0.948. The van der Waals surface area contributed by atoms with Crippen molar-refractivity contribution < 1.29 is 10.2 Å². The third-order valence-corrected chi connectivity index (χ3v) is 2.91. The molecule has 0 aliphatic heterocycles. The second-order valence-electron chi connectivity index (χ2n) is 4.21. The van der Waals surface area contributed by atoms with E-state index in [-0.39, 0.29) is 12.4 Å². The van der Waals surface area contributed by atoms with Crippen LogP contribution >= 0.6 is 0 Å². The number of nitrogens with zero attached hydrogens (tertiary/aromatic N) is 3. The van der Waals surface area contributed by atoms with Crippen molar-refractivity contribution in [3.8, 4) is 5.75 Å². The Hall–Kier alpha value is -1.99. The molecule has 0 saturated heterocycles. The fraction of sp³-hybridized carbons (Fsp3) is 0.417. The fourth-order valence-electron chi connectivity index (χ4n) is 1.79. The summed E-state index contributed by atoms with van der Waals surface area (Å²) >= 11 is 0. The van der Waals surface area contributed by atoms with Crippen LogP contribution in [-0.2, 0) is 19.6 Å². The Morgan fingerprint density at radius 2 is 2.21 bits per heavy atom. The van der Waals surface area contributed by atoms with Crippen molar-refractivity contribution in [3.63, 3.8) is 0 Å². The van der Waals surface area contributed by atoms with Gasteiger partial charge in [0.05, 0.1) is 12.3 Å². The summed E-state index contributed by atoms with van der Waals surface area (Å²) in [5, 5.41) is 28.9. The maximum Gasteiger partial charge on any atom is 0.141 e. The number of hydrogen-bond donors (Lipinski definition) is 4. The molecule has 19 heavy (non-hydrogen) atoms. The summed E-state index contributed by atoms with van der Waals surface area (Å²) in [6, 6.07) is 0. The van der Waals surface area contributed by atoms with E-state index in [0.717, 1.165) is 12.2 Å². The first kappa shape index (κ1) is 13.4. The number of aliphatic hydroxyl groups excluding tert-OH is 1. The quantitative estimate of drug-likeness (QED) is 0.548. The maximum atomic E-state index is 9.95. The highest BCUT2D eigenvalue weighted by atomic mass is 16.3. The minimum atomic E-state index is -0.139. The molecule has 7 heteroatoms. The lowest BCUT2D eigenvalue weighted by Gasteiger charge is -2.12. The predicted octanol–water partition coefficient (Wildman–Crippen LogP) is 0.0383. The minimum absolute atomic E-state index is 0.138. The Labute approximate surface area is 110 Å². The molecular formula is C12H17N5O2. The predicted molar refractivity (Wildman–Crippen MR) is 68.4 cm³/mol. The molecule has 102 valence electrons. The smallest absolute Gasteiger partial charge is 0.141 e. The van der Waals surface area contributed by atoms with Gasteiger partial charge in [-0.3, -0.25) is 10.1 Å². The molecule has 7 nitrogen and oxygen atoms in total. The van der Waals surface area contributed by atoms with E-state index in [1.807, 2.05) is 0 Å². The SMILES string of the molecule is Cc1ncc(CO)c(CNCCc2ncn[nH]2)c1O. The van der Waals surface area contributed by atoms with E-state index in [9.17, 15) is 10.2 Å². The summed E-state index contributed by atoms with van der Waals surface area (Å²) in [4.78, 5) is 8.04. The second kappa shape index (κ2) is 6.26. The van der Waals surface area contributed by atoms with Crippen LogP contribution in [0.15, 0.2) is 12.5 Å². The van der Waals surface area contributed by atoms with Crippen LogP contribution in [0.25, 0.3) is 0 Å². The van der Waals surface area contributed by atoms with Gasteiger partial charge in [-0.05, 0) is 6.92 Å². The first-order valence-corrected chi connectivity index (χ1v) is 6.04. The molecule has 0 amide bonds. The largest absolute Gasteiger partial charge is 0.506 e. The average Bonchev–Trinajstić information content (AvgIpc) is 2.92. The van der Waals surface area contributed by atoms with Gasteiger partial charge in [0.15, 0.2) is 0 Å². The van der Waals surface area contributed by atoms with E-state index in [1.54, 1.807) is 13.1 Å². The van der Waals surface area contributed by atoms with Crippen LogP contribution < -0.4 is 5.32 Å². The molecule has 2 heterocycles. The van der Waals surface area contributed by atoms with E-state index in [2.05, 4.69) is 25.5 Å². The van der Waals surface area contributed by atoms with Crippen LogP contribution in [0, 0.1) is 6.92 Å². The van der Waals surface area contributed by atoms with E-state index in [4.69, 9.17) is 0 Å². The zero-order valence-corrected chi connectivity index (χ0v) is 10.7. The fourth-order valence-corrected chi connectivity index (χ4v) is 1.79. The molecule has 0 fully saturated rings. The molecule has 4 N–H and O–H groups in total. The molecule has 0 atom stereocenters. The van der Waals surface area contributed by atoms with Gasteiger partial charge in [0.25, 0.3) is 0 Å². The van der Waals surface area contributed by atoms with Gasteiger partial charge in [0.2, 0.25) is 0 Å². The topological polar surface area (TPSA) is 107 Å². The number of hydrogen-bond acceptors (Lipinski definition) is 6. The van der Waals surface area contributed by atoms with Gasteiger partial charge in [-0.15, -0.1) is 0 Å². The lowest BCUT2D eigenvalue weighted by molar-refractivity contribution is 0.278. The normalized spacial score (nSPS) is 10.8. The molecule has 0 saturated carbocycles. The summed E-state index contributed by atoms with van der Waals surface area (Å²) in [5.41, 5.74) is 1.88. The van der Waals surface area contributed by atoms with Gasteiger partial charge < -0.3 is 15.5 Å². The van der Waals surface area contributed by atoms with Crippen molar-refractivity contribution in [3.05, 3.63) is 35.2 Å². The van der Waals surface area contributed by atoms with Gasteiger partial charge >= 0.3 is 0 Å². The van der Waals surface area contributed by atoms with Gasteiger partial charge in [0, 0.05) is 36.8 Å². The van der Waals surface area contributed by atoms with Gasteiger partial charge in [-0.25, -0.2) is 4.98 Å². The van der Waals surface area contributed by atoms with E-state index < -0.39 is 0 Å². The van der Waals surface area contributed by atoms with Crippen molar-refractivity contribution in [2.24, 2.45) is 0 Å². The number of H-pyrrole nitrogens is 1. The molecule has 0 aliphatic rings. The Balaban J connectivity index is 1.93. The number of aromatic nitrogens is 4. The van der Waals surface area contributed by atoms with Crippen LogP contribution in [0.1, 0.15) is 22.6 Å². The highest BCUT2D eigenvalue weighted by Crippen LogP contribution is 2.23. The molecule has 2 aromatic heterocycles. The first-order valence-electron chi connectivity index (χ1n) is 6.04. The molecule has 0 aromatic carbocycles. The van der Waals surface area contributed by atoms with E-state index in [1.165, 1.54) is 6.33 Å². The summed E-state index contributed by atoms with van der Waals surface area (Å²) in [6.45, 7) is 2.76. The standard InChI is InChI=1S/C12H17N5O2/c1-8-12(19)10(9(6-18)4-14-8)5-13-3-2-11-15-7-16-17-11/h4,7,13,18-19H,2-3,5-6H2,1H3,(H,15,16,17). The van der Waals surface area contributed by atoms with Gasteiger partial charge in [0.1, 0.15) is 17.9 Å². The molecule has 0 aliphatic carbocycles. The Morgan fingerprint density at radius 3 is 2.89 bits per heavy atom. The van der Waals surface area contributed by atoms with Crippen LogP contribution in [0.2, 0.25) is 0 Å². The number of aromatic hydroxyl groups is 1. The molecule has 2 aromatic rings. The molecule has 2 rings (SSSR count). The lowest BCUT2D eigenvalue weighted by Crippen LogP contribution is -2.18. The van der Waals surface area contributed by atoms with Crippen LogP contribution in [0.4, 0.5) is 0 Å². The third kappa shape index (κ3) is 3.27. The monoisotopic (exact) mass is 263 g/mol. The lowest BCUT2D eigenvalue weighted by atomic mass is 10.1. The summed E-state index contributed by atoms with van der Waals surface area (Å²) < 4.78 is 0. The number of aryl methyl sites for hydroxylation is 1. The van der Waals surface area contributed by atoms with Crippen molar-refractivity contribution in [2.45, 2.75) is 26.5 Å². The van der Waals surface area contributed by atoms with Crippen molar-refractivity contribution in [1.29, 1.82) is 0 Å². The third-order valence-electron chi connectivity index (χ3n) is 2.91. The number of aliphatic hydroxyl groups is 1. The Kier molecular flexibility index (Phi) is 4.43. The molecule has 0 spiro atoms. The maximum absolute atomic E-state index is 9.95. The van der Waals surface area contributed by atoms with Crippen LogP contribution in [0.5, 0.6) is 5.75 Å². The molecular weight excluding hydrogens is 246 g/mol. The van der Waals surface area contributed by atoms with Crippen LogP contribution in [0.3, 0.4) is 0 Å². The van der Waals surface area contributed by atoms with Gasteiger partial charge in [-0.2, -0.15) is 5.10 Å². The van der Waals surface area contributed by atoms with Gasteiger partial charge in [-0.1, -0.05) is 0 Å². The number of aromatic amines is 1. The van der Waals surface area contributed by atoms with Crippen molar-refractivity contribution in [1.82, 2.24) is 25.5 Å². The Bertz CT molecular complexity index is 527. The Morgan fingerprint density at radius 1 is 1.37 bits per heavy atom.